The molecule has 0 aliphatic rings. The minimum absolute atomic E-state index is 0.0569. The number of allylic oxidation sites excluding steroid dienone is 10. The molecule has 0 rings (SSSR count). The first kappa shape index (κ1) is 55.6. The van der Waals surface area contributed by atoms with E-state index in [1.54, 1.807) is 0 Å². The van der Waals surface area contributed by atoms with Crippen LogP contribution in [0.15, 0.2) is 60.8 Å². The fraction of sp³-hybridized carbons (Fsp3) is 0.774. The summed E-state index contributed by atoms with van der Waals surface area (Å²) >= 11 is 0. The van der Waals surface area contributed by atoms with Crippen molar-refractivity contribution < 1.29 is 23.8 Å². The SMILES string of the molecule is CC/C=C\C/C=C\C/C=C\C/C=C\C/C=C\CCCC(=O)OCC(COCCCCCCCCCCCCCCCCCCCCCC)OC(=O)CCCCCCC. The maximum Gasteiger partial charge on any atom is 0.306 e. The van der Waals surface area contributed by atoms with Gasteiger partial charge >= 0.3 is 11.9 Å². The van der Waals surface area contributed by atoms with E-state index in [1.165, 1.54) is 128 Å². The third kappa shape index (κ3) is 46.3. The molecule has 0 amide bonds. The minimum Gasteiger partial charge on any atom is -0.462 e. The largest absolute Gasteiger partial charge is 0.462 e. The molecule has 0 bridgehead atoms. The van der Waals surface area contributed by atoms with Gasteiger partial charge in [-0.05, 0) is 57.8 Å². The molecule has 0 radical (unpaired) electrons. The number of hydrogen-bond donors (Lipinski definition) is 0. The smallest absolute Gasteiger partial charge is 0.306 e. The maximum absolute atomic E-state index is 12.6. The van der Waals surface area contributed by atoms with Gasteiger partial charge in [-0.15, -0.1) is 0 Å². The Kier molecular flexibility index (Phi) is 46.9. The molecule has 0 heterocycles. The first-order valence-electron chi connectivity index (χ1n) is 24.8. The first-order valence-corrected chi connectivity index (χ1v) is 24.8. The van der Waals surface area contributed by atoms with Crippen molar-refractivity contribution in [2.24, 2.45) is 0 Å². The summed E-state index contributed by atoms with van der Waals surface area (Å²) in [5, 5.41) is 0. The van der Waals surface area contributed by atoms with E-state index in [-0.39, 0.29) is 25.2 Å². The monoisotopic (exact) mass is 811 g/mol. The van der Waals surface area contributed by atoms with Gasteiger partial charge in [0.25, 0.3) is 0 Å². The summed E-state index contributed by atoms with van der Waals surface area (Å²) in [5.74, 6) is -0.472. The van der Waals surface area contributed by atoms with E-state index < -0.39 is 6.10 Å². The summed E-state index contributed by atoms with van der Waals surface area (Å²) in [7, 11) is 0. The lowest BCUT2D eigenvalue weighted by Crippen LogP contribution is -2.30. The average molecular weight is 811 g/mol. The highest BCUT2D eigenvalue weighted by atomic mass is 16.6. The molecule has 0 aliphatic carbocycles. The van der Waals surface area contributed by atoms with E-state index in [0.717, 1.165) is 77.0 Å². The van der Waals surface area contributed by atoms with Crippen molar-refractivity contribution in [3.05, 3.63) is 60.8 Å². The van der Waals surface area contributed by atoms with Crippen LogP contribution in [0.3, 0.4) is 0 Å². The van der Waals surface area contributed by atoms with Crippen molar-refractivity contribution in [3.63, 3.8) is 0 Å². The quantitative estimate of drug-likeness (QED) is 0.0348. The number of ether oxygens (including phenoxy) is 3. The molecule has 0 aliphatic heterocycles. The van der Waals surface area contributed by atoms with Gasteiger partial charge in [-0.3, -0.25) is 9.59 Å². The molecule has 0 N–H and O–H groups in total. The van der Waals surface area contributed by atoms with Crippen LogP contribution in [0.2, 0.25) is 0 Å². The lowest BCUT2D eigenvalue weighted by molar-refractivity contribution is -0.163. The lowest BCUT2D eigenvalue weighted by atomic mass is 10.0. The summed E-state index contributed by atoms with van der Waals surface area (Å²) < 4.78 is 17.2. The highest BCUT2D eigenvalue weighted by Crippen LogP contribution is 2.15. The summed E-state index contributed by atoms with van der Waals surface area (Å²) in [5.41, 5.74) is 0. The Morgan fingerprint density at radius 3 is 1.22 bits per heavy atom. The molecular formula is C53H94O5. The summed E-state index contributed by atoms with van der Waals surface area (Å²) in [4.78, 5) is 25.0. The number of carbonyl (C=O) groups is 2. The fourth-order valence-electron chi connectivity index (χ4n) is 6.90. The Morgan fingerprint density at radius 2 is 0.776 bits per heavy atom. The van der Waals surface area contributed by atoms with Gasteiger partial charge in [-0.1, -0.05) is 229 Å². The van der Waals surface area contributed by atoms with Gasteiger partial charge in [0.05, 0.1) is 6.61 Å². The number of unbranched alkanes of at least 4 members (excludes halogenated alkanes) is 24. The van der Waals surface area contributed by atoms with Gasteiger partial charge in [0.15, 0.2) is 6.10 Å². The van der Waals surface area contributed by atoms with Gasteiger partial charge in [0.2, 0.25) is 0 Å². The van der Waals surface area contributed by atoms with Gasteiger partial charge in [-0.2, -0.15) is 0 Å². The Morgan fingerprint density at radius 1 is 0.397 bits per heavy atom. The molecule has 1 atom stereocenters. The maximum atomic E-state index is 12.6. The molecule has 58 heavy (non-hydrogen) atoms. The van der Waals surface area contributed by atoms with E-state index in [4.69, 9.17) is 14.2 Å². The summed E-state index contributed by atoms with van der Waals surface area (Å²) in [6.07, 6.45) is 61.3. The number of esters is 2. The van der Waals surface area contributed by atoms with Crippen LogP contribution in [0.1, 0.15) is 239 Å². The topological polar surface area (TPSA) is 61.8 Å². The molecule has 5 heteroatoms. The van der Waals surface area contributed by atoms with Crippen molar-refractivity contribution in [1.29, 1.82) is 0 Å². The second kappa shape index (κ2) is 49.0. The van der Waals surface area contributed by atoms with E-state index in [2.05, 4.69) is 81.5 Å². The summed E-state index contributed by atoms with van der Waals surface area (Å²) in [6, 6.07) is 0. The molecule has 1 unspecified atom stereocenters. The Hall–Kier alpha value is -2.40. The third-order valence-corrected chi connectivity index (χ3v) is 10.6. The average Bonchev–Trinajstić information content (AvgIpc) is 3.22. The molecule has 0 aromatic rings. The second-order valence-corrected chi connectivity index (χ2v) is 16.4. The Balaban J connectivity index is 4.07. The van der Waals surface area contributed by atoms with E-state index in [0.29, 0.717) is 19.4 Å². The predicted molar refractivity (Wildman–Crippen MR) is 251 cm³/mol. The van der Waals surface area contributed by atoms with Crippen LogP contribution in [0.25, 0.3) is 0 Å². The Bertz CT molecular complexity index is 1010. The highest BCUT2D eigenvalue weighted by molar-refractivity contribution is 5.70. The van der Waals surface area contributed by atoms with Crippen molar-refractivity contribution in [1.82, 2.24) is 0 Å². The molecule has 5 nitrogen and oxygen atoms in total. The van der Waals surface area contributed by atoms with Crippen LogP contribution in [-0.4, -0.2) is 37.9 Å². The zero-order valence-corrected chi connectivity index (χ0v) is 38.6. The number of hydrogen-bond acceptors (Lipinski definition) is 5. The summed E-state index contributed by atoms with van der Waals surface area (Å²) in [6.45, 7) is 7.61. The van der Waals surface area contributed by atoms with Crippen molar-refractivity contribution in [2.45, 2.75) is 245 Å². The molecule has 336 valence electrons. The number of rotatable bonds is 45. The normalized spacial score (nSPS) is 12.7. The van der Waals surface area contributed by atoms with Crippen molar-refractivity contribution >= 4 is 11.9 Å². The molecule has 0 aromatic heterocycles. The van der Waals surface area contributed by atoms with Crippen molar-refractivity contribution in [3.8, 4) is 0 Å². The van der Waals surface area contributed by atoms with E-state index in [9.17, 15) is 9.59 Å². The zero-order valence-electron chi connectivity index (χ0n) is 38.6. The zero-order chi connectivity index (χ0) is 42.1. The molecular weight excluding hydrogens is 717 g/mol. The van der Waals surface area contributed by atoms with E-state index >= 15 is 0 Å². The van der Waals surface area contributed by atoms with Gasteiger partial charge < -0.3 is 14.2 Å². The first-order chi connectivity index (χ1) is 28.6. The van der Waals surface area contributed by atoms with E-state index in [1.807, 2.05) is 0 Å². The number of carbonyl (C=O) groups excluding carboxylic acids is 2. The van der Waals surface area contributed by atoms with Gasteiger partial charge in [-0.25, -0.2) is 0 Å². The molecule has 0 fully saturated rings. The molecule has 0 saturated heterocycles. The molecule has 0 saturated carbocycles. The lowest BCUT2D eigenvalue weighted by Gasteiger charge is -2.18. The molecule has 0 spiro atoms. The molecule has 0 aromatic carbocycles. The third-order valence-electron chi connectivity index (χ3n) is 10.6. The van der Waals surface area contributed by atoms with Crippen LogP contribution in [0.4, 0.5) is 0 Å². The highest BCUT2D eigenvalue weighted by Gasteiger charge is 2.17. The van der Waals surface area contributed by atoms with Crippen LogP contribution in [-0.2, 0) is 23.8 Å². The van der Waals surface area contributed by atoms with Gasteiger partial charge in [0.1, 0.15) is 6.61 Å². The Labute approximate surface area is 360 Å². The van der Waals surface area contributed by atoms with Crippen LogP contribution < -0.4 is 0 Å². The van der Waals surface area contributed by atoms with Gasteiger partial charge in [0, 0.05) is 19.4 Å². The fourth-order valence-corrected chi connectivity index (χ4v) is 6.90. The second-order valence-electron chi connectivity index (χ2n) is 16.4. The van der Waals surface area contributed by atoms with Crippen LogP contribution >= 0.6 is 0 Å². The standard InChI is InChI=1S/C53H94O5/c1-4-7-10-13-15-17-19-21-23-25-26-27-29-31-33-35-37-39-42-45-48-56-49-51(58-53(55)47-44-40-12-9-6-3)50-57-52(54)46-43-41-38-36-34-32-30-28-24-22-20-18-16-14-11-8-5-2/h8,11,16,18,22,24,30,32,36,38,51H,4-7,9-10,12-15,17,19-21,23,25-29,31,33-35,37,39-50H2,1-3H3/b11-8-,18-16-,24-22-,32-30-,38-36-. The predicted octanol–water partition coefficient (Wildman–Crippen LogP) is 16.6. The minimum atomic E-state index is -0.553. The van der Waals surface area contributed by atoms with Crippen molar-refractivity contribution in [2.75, 3.05) is 19.8 Å². The van der Waals surface area contributed by atoms with Crippen LogP contribution in [0.5, 0.6) is 0 Å². The van der Waals surface area contributed by atoms with Crippen LogP contribution in [0, 0.1) is 0 Å².